The van der Waals surface area contributed by atoms with E-state index >= 15 is 0 Å². The van der Waals surface area contributed by atoms with E-state index in [9.17, 15) is 0 Å². The fourth-order valence-electron chi connectivity index (χ4n) is 1.05. The monoisotopic (exact) mass is 136 g/mol. The molecule has 1 aliphatic rings. The zero-order valence-corrected chi connectivity index (χ0v) is 6.09. The molecule has 0 aromatic heterocycles. The number of hydrogen-bond acceptors (Lipinski definition) is 1. The first-order valence-electron chi connectivity index (χ1n) is 3.38. The zero-order valence-electron chi connectivity index (χ0n) is 6.09. The second-order valence-electron chi connectivity index (χ2n) is 2.66. The van der Waals surface area contributed by atoms with E-state index in [4.69, 9.17) is 11.1 Å². The van der Waals surface area contributed by atoms with Crippen molar-refractivity contribution in [3.05, 3.63) is 23.8 Å². The topological polar surface area (TPSA) is 49.9 Å². The fourth-order valence-corrected chi connectivity index (χ4v) is 1.05. The summed E-state index contributed by atoms with van der Waals surface area (Å²) < 4.78 is 0. The van der Waals surface area contributed by atoms with Crippen LogP contribution in [0, 0.1) is 11.3 Å². The third kappa shape index (κ3) is 1.47. The van der Waals surface area contributed by atoms with Gasteiger partial charge in [-0.2, -0.15) is 0 Å². The highest BCUT2D eigenvalue weighted by Gasteiger charge is 2.10. The lowest BCUT2D eigenvalue weighted by atomic mass is 9.95. The van der Waals surface area contributed by atoms with Crippen LogP contribution >= 0.6 is 0 Å². The Balaban J connectivity index is 2.64. The fraction of sp³-hybridized carbons (Fsp3) is 0.375. The van der Waals surface area contributed by atoms with E-state index < -0.39 is 0 Å². The van der Waals surface area contributed by atoms with E-state index in [2.05, 4.69) is 13.0 Å². The summed E-state index contributed by atoms with van der Waals surface area (Å²) in [6.45, 7) is 2.06. The van der Waals surface area contributed by atoms with Gasteiger partial charge < -0.3 is 5.73 Å². The summed E-state index contributed by atoms with van der Waals surface area (Å²) in [6, 6.07) is 0. The van der Waals surface area contributed by atoms with Crippen LogP contribution in [0.15, 0.2) is 23.8 Å². The molecule has 0 saturated carbocycles. The van der Waals surface area contributed by atoms with Gasteiger partial charge in [-0.3, -0.25) is 5.41 Å². The van der Waals surface area contributed by atoms with Crippen LogP contribution in [0.2, 0.25) is 0 Å². The summed E-state index contributed by atoms with van der Waals surface area (Å²) in [5.74, 6) is 0.411. The van der Waals surface area contributed by atoms with Gasteiger partial charge in [0.25, 0.3) is 0 Å². The second-order valence-corrected chi connectivity index (χ2v) is 2.66. The van der Waals surface area contributed by atoms with E-state index in [1.165, 1.54) is 5.57 Å². The Morgan fingerprint density at radius 3 is 2.90 bits per heavy atom. The SMILES string of the molecule is CC1=CC=CC(C(=N)N)C1. The summed E-state index contributed by atoms with van der Waals surface area (Å²) in [5, 5.41) is 7.18. The quantitative estimate of drug-likeness (QED) is 0.416. The zero-order chi connectivity index (χ0) is 7.56. The molecule has 0 aromatic rings. The molecule has 0 aliphatic heterocycles. The molecule has 54 valence electrons. The van der Waals surface area contributed by atoms with Crippen LogP contribution in [-0.4, -0.2) is 5.84 Å². The summed E-state index contributed by atoms with van der Waals surface area (Å²) in [4.78, 5) is 0. The normalized spacial score (nSPS) is 24.1. The Labute approximate surface area is 60.9 Å². The van der Waals surface area contributed by atoms with Crippen LogP contribution in [0.5, 0.6) is 0 Å². The van der Waals surface area contributed by atoms with Gasteiger partial charge in [-0.15, -0.1) is 0 Å². The second kappa shape index (κ2) is 2.69. The van der Waals surface area contributed by atoms with Gasteiger partial charge in [-0.05, 0) is 13.3 Å². The van der Waals surface area contributed by atoms with Crippen molar-refractivity contribution < 1.29 is 0 Å². The van der Waals surface area contributed by atoms with Crippen LogP contribution in [0.3, 0.4) is 0 Å². The van der Waals surface area contributed by atoms with Crippen molar-refractivity contribution in [2.75, 3.05) is 0 Å². The lowest BCUT2D eigenvalue weighted by Crippen LogP contribution is -2.21. The predicted octanol–water partition coefficient (Wildman–Crippen LogP) is 1.44. The molecule has 0 amide bonds. The third-order valence-electron chi connectivity index (χ3n) is 1.67. The Morgan fingerprint density at radius 2 is 2.50 bits per heavy atom. The molecular formula is C8H12N2. The molecule has 0 aromatic carbocycles. The van der Waals surface area contributed by atoms with Gasteiger partial charge in [-0.25, -0.2) is 0 Å². The van der Waals surface area contributed by atoms with Crippen molar-refractivity contribution in [2.24, 2.45) is 11.7 Å². The molecular weight excluding hydrogens is 124 g/mol. The van der Waals surface area contributed by atoms with Crippen molar-refractivity contribution in [2.45, 2.75) is 13.3 Å². The highest BCUT2D eigenvalue weighted by atomic mass is 14.7. The van der Waals surface area contributed by atoms with Crippen LogP contribution in [0.4, 0.5) is 0 Å². The molecule has 3 N–H and O–H groups in total. The first-order valence-corrected chi connectivity index (χ1v) is 3.38. The highest BCUT2D eigenvalue weighted by molar-refractivity contribution is 5.81. The van der Waals surface area contributed by atoms with Gasteiger partial charge in [0.15, 0.2) is 0 Å². The standard InChI is InChI=1S/C8H12N2/c1-6-3-2-4-7(5-6)8(9)10/h2-4,7H,5H2,1H3,(H3,9,10). The van der Waals surface area contributed by atoms with Gasteiger partial charge in [0.05, 0.1) is 5.84 Å². The van der Waals surface area contributed by atoms with E-state index in [1.807, 2.05) is 12.2 Å². The van der Waals surface area contributed by atoms with Gasteiger partial charge in [0.2, 0.25) is 0 Å². The molecule has 2 heteroatoms. The Bertz CT molecular complexity index is 201. The molecule has 1 aliphatic carbocycles. The van der Waals surface area contributed by atoms with Crippen molar-refractivity contribution in [3.8, 4) is 0 Å². The average Bonchev–Trinajstić information content (AvgIpc) is 1.88. The van der Waals surface area contributed by atoms with Gasteiger partial charge in [0.1, 0.15) is 0 Å². The molecule has 10 heavy (non-hydrogen) atoms. The number of amidine groups is 1. The van der Waals surface area contributed by atoms with Crippen molar-refractivity contribution in [1.29, 1.82) is 5.41 Å². The number of allylic oxidation sites excluding steroid dienone is 3. The molecule has 2 nitrogen and oxygen atoms in total. The Morgan fingerprint density at radius 1 is 1.80 bits per heavy atom. The summed E-state index contributed by atoms with van der Waals surface area (Å²) in [6.07, 6.45) is 6.89. The molecule has 1 atom stereocenters. The molecule has 0 fully saturated rings. The van der Waals surface area contributed by atoms with E-state index in [-0.39, 0.29) is 11.8 Å². The first-order chi connectivity index (χ1) is 4.70. The number of nitrogens with one attached hydrogen (secondary N) is 1. The van der Waals surface area contributed by atoms with Gasteiger partial charge in [0, 0.05) is 5.92 Å². The summed E-state index contributed by atoms with van der Waals surface area (Å²) >= 11 is 0. The van der Waals surface area contributed by atoms with Crippen molar-refractivity contribution in [1.82, 2.24) is 0 Å². The maximum atomic E-state index is 7.18. The molecule has 0 radical (unpaired) electrons. The van der Waals surface area contributed by atoms with Crippen LogP contribution in [0.1, 0.15) is 13.3 Å². The largest absolute Gasteiger partial charge is 0.387 e. The minimum atomic E-state index is 0.144. The van der Waals surface area contributed by atoms with Crippen LogP contribution in [0.25, 0.3) is 0 Å². The lowest BCUT2D eigenvalue weighted by Gasteiger charge is -2.13. The molecule has 0 saturated heterocycles. The average molecular weight is 136 g/mol. The lowest BCUT2D eigenvalue weighted by molar-refractivity contribution is 0.810. The number of hydrogen-bond donors (Lipinski definition) is 2. The van der Waals surface area contributed by atoms with Gasteiger partial charge in [-0.1, -0.05) is 23.8 Å². The third-order valence-corrected chi connectivity index (χ3v) is 1.67. The molecule has 0 heterocycles. The van der Waals surface area contributed by atoms with Gasteiger partial charge >= 0.3 is 0 Å². The van der Waals surface area contributed by atoms with E-state index in [1.54, 1.807) is 0 Å². The molecule has 0 spiro atoms. The van der Waals surface area contributed by atoms with Crippen molar-refractivity contribution >= 4 is 5.84 Å². The molecule has 1 unspecified atom stereocenters. The Hall–Kier alpha value is -1.05. The summed E-state index contributed by atoms with van der Waals surface area (Å²) in [7, 11) is 0. The summed E-state index contributed by atoms with van der Waals surface area (Å²) in [5.41, 5.74) is 6.63. The maximum absolute atomic E-state index is 7.18. The smallest absolute Gasteiger partial charge is 0.0979 e. The van der Waals surface area contributed by atoms with E-state index in [0.29, 0.717) is 0 Å². The maximum Gasteiger partial charge on any atom is 0.0979 e. The Kier molecular flexibility index (Phi) is 1.90. The predicted molar refractivity (Wildman–Crippen MR) is 42.9 cm³/mol. The van der Waals surface area contributed by atoms with Crippen molar-refractivity contribution in [3.63, 3.8) is 0 Å². The highest BCUT2D eigenvalue weighted by Crippen LogP contribution is 2.16. The number of nitrogens with two attached hydrogens (primary N) is 1. The minimum Gasteiger partial charge on any atom is -0.387 e. The van der Waals surface area contributed by atoms with Crippen LogP contribution < -0.4 is 5.73 Å². The minimum absolute atomic E-state index is 0.144. The van der Waals surface area contributed by atoms with E-state index in [0.717, 1.165) is 6.42 Å². The molecule has 1 rings (SSSR count). The first kappa shape index (κ1) is 7.06. The van der Waals surface area contributed by atoms with Crippen LogP contribution in [-0.2, 0) is 0 Å². The molecule has 0 bridgehead atoms. The number of rotatable bonds is 1.